The minimum absolute atomic E-state index is 0.450. The van der Waals surface area contributed by atoms with Crippen LogP contribution in [0.4, 0.5) is 0 Å². The fourth-order valence-corrected chi connectivity index (χ4v) is 1.65. The molecule has 0 saturated carbocycles. The summed E-state index contributed by atoms with van der Waals surface area (Å²) < 4.78 is 1.79. The summed E-state index contributed by atoms with van der Waals surface area (Å²) in [6.07, 6.45) is 3.77. The van der Waals surface area contributed by atoms with Gasteiger partial charge in [-0.3, -0.25) is 4.68 Å². The molecule has 5 heteroatoms. The maximum absolute atomic E-state index is 5.98. The van der Waals surface area contributed by atoms with Crippen molar-refractivity contribution < 1.29 is 0 Å². The van der Waals surface area contributed by atoms with Gasteiger partial charge in [0, 0.05) is 18.8 Å². The van der Waals surface area contributed by atoms with E-state index in [1.54, 1.807) is 10.9 Å². The van der Waals surface area contributed by atoms with Gasteiger partial charge < -0.3 is 10.7 Å². The maximum atomic E-state index is 5.98. The number of nitrogens with two attached hydrogens (primary N) is 1. The van der Waals surface area contributed by atoms with E-state index in [4.69, 9.17) is 5.73 Å². The van der Waals surface area contributed by atoms with Crippen molar-refractivity contribution in [2.24, 2.45) is 12.8 Å². The summed E-state index contributed by atoms with van der Waals surface area (Å²) >= 11 is 0. The van der Waals surface area contributed by atoms with E-state index < -0.39 is 5.54 Å². The smallest absolute Gasteiger partial charge is 0.126 e. The molecule has 5 nitrogen and oxygen atoms in total. The predicted molar refractivity (Wildman–Crippen MR) is 62.7 cm³/mol. The van der Waals surface area contributed by atoms with Crippen LogP contribution >= 0.6 is 0 Å². The zero-order valence-corrected chi connectivity index (χ0v) is 10.1. The van der Waals surface area contributed by atoms with Gasteiger partial charge in [0.2, 0.25) is 0 Å². The van der Waals surface area contributed by atoms with Gasteiger partial charge >= 0.3 is 0 Å². The molecule has 0 amide bonds. The second-order valence-corrected chi connectivity index (χ2v) is 4.67. The summed E-state index contributed by atoms with van der Waals surface area (Å²) in [5.41, 5.74) is 8.52. The van der Waals surface area contributed by atoms with Crippen LogP contribution in [0.15, 0.2) is 12.4 Å². The number of imidazole rings is 1. The van der Waals surface area contributed by atoms with Crippen molar-refractivity contribution in [1.82, 2.24) is 19.7 Å². The van der Waals surface area contributed by atoms with Crippen LogP contribution in [0.5, 0.6) is 0 Å². The lowest BCUT2D eigenvalue weighted by Gasteiger charge is -2.14. The lowest BCUT2D eigenvalue weighted by atomic mass is 10.1. The molecule has 2 heterocycles. The molecular formula is C11H17N5. The molecule has 0 radical (unpaired) electrons. The number of rotatable bonds is 2. The van der Waals surface area contributed by atoms with E-state index >= 15 is 0 Å². The number of aryl methyl sites for hydroxylation is 2. The number of aromatic nitrogens is 4. The monoisotopic (exact) mass is 219 g/mol. The Hall–Kier alpha value is -1.62. The van der Waals surface area contributed by atoms with Crippen molar-refractivity contribution in [3.05, 3.63) is 23.9 Å². The third-order valence-electron chi connectivity index (χ3n) is 2.49. The molecule has 2 aromatic rings. The average molecular weight is 219 g/mol. The van der Waals surface area contributed by atoms with Crippen molar-refractivity contribution in [2.75, 3.05) is 0 Å². The molecule has 0 atom stereocenters. The van der Waals surface area contributed by atoms with Crippen molar-refractivity contribution in [1.29, 1.82) is 0 Å². The standard InChI is InChI=1S/C11H17N5/c1-7-8(6-16(4)15-7)9-5-13-10(14-9)11(2,3)12/h5-6H,12H2,1-4H3,(H,13,14). The van der Waals surface area contributed by atoms with Gasteiger partial charge in [-0.1, -0.05) is 0 Å². The van der Waals surface area contributed by atoms with Gasteiger partial charge in [-0.05, 0) is 20.8 Å². The molecule has 2 rings (SSSR count). The second-order valence-electron chi connectivity index (χ2n) is 4.67. The van der Waals surface area contributed by atoms with Crippen molar-refractivity contribution in [3.8, 4) is 11.3 Å². The molecule has 3 N–H and O–H groups in total. The highest BCUT2D eigenvalue weighted by Gasteiger charge is 2.19. The number of aromatic amines is 1. The quantitative estimate of drug-likeness (QED) is 0.800. The molecule has 86 valence electrons. The normalized spacial score (nSPS) is 12.1. The summed E-state index contributed by atoms with van der Waals surface area (Å²) in [6, 6.07) is 0. The number of nitrogens with zero attached hydrogens (tertiary/aromatic N) is 3. The van der Waals surface area contributed by atoms with Gasteiger partial charge in [0.15, 0.2) is 0 Å². The molecule has 0 spiro atoms. The number of hydrogen-bond acceptors (Lipinski definition) is 3. The summed E-state index contributed by atoms with van der Waals surface area (Å²) in [6.45, 7) is 5.82. The zero-order valence-electron chi connectivity index (χ0n) is 10.1. The Bertz CT molecular complexity index is 501. The highest BCUT2D eigenvalue weighted by Crippen LogP contribution is 2.22. The van der Waals surface area contributed by atoms with Gasteiger partial charge in [0.25, 0.3) is 0 Å². The van der Waals surface area contributed by atoms with Crippen LogP contribution in [0.3, 0.4) is 0 Å². The van der Waals surface area contributed by atoms with E-state index in [1.165, 1.54) is 0 Å². The molecule has 0 aliphatic carbocycles. The molecule has 0 aliphatic rings. The molecule has 2 aromatic heterocycles. The first-order valence-corrected chi connectivity index (χ1v) is 5.23. The third-order valence-corrected chi connectivity index (χ3v) is 2.49. The van der Waals surface area contributed by atoms with E-state index in [2.05, 4.69) is 15.1 Å². The van der Waals surface area contributed by atoms with Crippen LogP contribution in [0, 0.1) is 6.92 Å². The van der Waals surface area contributed by atoms with Gasteiger partial charge in [0.05, 0.1) is 23.1 Å². The topological polar surface area (TPSA) is 72.5 Å². The minimum Gasteiger partial charge on any atom is -0.340 e. The first kappa shape index (κ1) is 10.9. The summed E-state index contributed by atoms with van der Waals surface area (Å²) in [5, 5.41) is 4.30. The Balaban J connectivity index is 2.43. The van der Waals surface area contributed by atoms with Gasteiger partial charge in [-0.25, -0.2) is 4.98 Å². The lowest BCUT2D eigenvalue weighted by Crippen LogP contribution is -2.30. The van der Waals surface area contributed by atoms with Crippen LogP contribution in [0.25, 0.3) is 11.3 Å². The van der Waals surface area contributed by atoms with E-state index in [-0.39, 0.29) is 0 Å². The fourth-order valence-electron chi connectivity index (χ4n) is 1.65. The van der Waals surface area contributed by atoms with Crippen LogP contribution in [-0.2, 0) is 12.6 Å². The highest BCUT2D eigenvalue weighted by molar-refractivity contribution is 5.60. The third kappa shape index (κ3) is 1.86. The minimum atomic E-state index is -0.450. The largest absolute Gasteiger partial charge is 0.340 e. The Morgan fingerprint density at radius 2 is 2.12 bits per heavy atom. The van der Waals surface area contributed by atoms with Gasteiger partial charge in [0.1, 0.15) is 5.82 Å². The molecule has 0 unspecified atom stereocenters. The molecule has 0 aromatic carbocycles. The molecule has 0 aliphatic heterocycles. The van der Waals surface area contributed by atoms with Crippen LogP contribution in [-0.4, -0.2) is 19.7 Å². The Morgan fingerprint density at radius 1 is 1.44 bits per heavy atom. The molecule has 0 bridgehead atoms. The van der Waals surface area contributed by atoms with Crippen LogP contribution < -0.4 is 5.73 Å². The summed E-state index contributed by atoms with van der Waals surface area (Å²) in [4.78, 5) is 7.53. The van der Waals surface area contributed by atoms with Crippen LogP contribution in [0.1, 0.15) is 25.4 Å². The Labute approximate surface area is 94.7 Å². The summed E-state index contributed by atoms with van der Waals surface area (Å²) in [5.74, 6) is 0.783. The predicted octanol–water partition coefficient (Wildman–Crippen LogP) is 1.31. The van der Waals surface area contributed by atoms with Gasteiger partial charge in [-0.15, -0.1) is 0 Å². The van der Waals surface area contributed by atoms with Crippen molar-refractivity contribution in [2.45, 2.75) is 26.3 Å². The maximum Gasteiger partial charge on any atom is 0.126 e. The highest BCUT2D eigenvalue weighted by atomic mass is 15.2. The zero-order chi connectivity index (χ0) is 11.9. The van der Waals surface area contributed by atoms with E-state index in [9.17, 15) is 0 Å². The Morgan fingerprint density at radius 3 is 2.56 bits per heavy atom. The van der Waals surface area contributed by atoms with E-state index in [1.807, 2.05) is 34.0 Å². The number of H-pyrrole nitrogens is 1. The average Bonchev–Trinajstić information content (AvgIpc) is 2.70. The van der Waals surface area contributed by atoms with Crippen LogP contribution in [0.2, 0.25) is 0 Å². The van der Waals surface area contributed by atoms with Crippen molar-refractivity contribution >= 4 is 0 Å². The number of hydrogen-bond donors (Lipinski definition) is 2. The number of nitrogens with one attached hydrogen (secondary N) is 1. The van der Waals surface area contributed by atoms with E-state index in [0.717, 1.165) is 22.8 Å². The fraction of sp³-hybridized carbons (Fsp3) is 0.455. The molecule has 16 heavy (non-hydrogen) atoms. The van der Waals surface area contributed by atoms with Gasteiger partial charge in [-0.2, -0.15) is 5.10 Å². The second kappa shape index (κ2) is 3.45. The Kier molecular flexibility index (Phi) is 2.35. The summed E-state index contributed by atoms with van der Waals surface area (Å²) in [7, 11) is 1.90. The first-order chi connectivity index (χ1) is 7.38. The molecule has 0 fully saturated rings. The molecule has 0 saturated heterocycles. The SMILES string of the molecule is Cc1nn(C)cc1-c1cnc(C(C)(C)N)[nH]1. The molecular weight excluding hydrogens is 202 g/mol. The lowest BCUT2D eigenvalue weighted by molar-refractivity contribution is 0.520. The van der Waals surface area contributed by atoms with Crippen molar-refractivity contribution in [3.63, 3.8) is 0 Å². The first-order valence-electron chi connectivity index (χ1n) is 5.23. The van der Waals surface area contributed by atoms with E-state index in [0.29, 0.717) is 0 Å².